The zero-order valence-corrected chi connectivity index (χ0v) is 22.0. The Morgan fingerprint density at radius 3 is 1.54 bits per heavy atom. The Labute approximate surface area is 232 Å². The number of methoxy groups -OCH3 is 1. The minimum Gasteiger partial charge on any atom is -0.497 e. The third-order valence-electron chi connectivity index (χ3n) is 5.96. The van der Waals surface area contributed by atoms with Crippen LogP contribution in [0.3, 0.4) is 0 Å². The number of ether oxygens (including phenoxy) is 2. The van der Waals surface area contributed by atoms with Gasteiger partial charge < -0.3 is 9.47 Å². The number of rotatable bonds is 7. The lowest BCUT2D eigenvalue weighted by Gasteiger charge is -2.13. The maximum absolute atomic E-state index is 13.0. The van der Waals surface area contributed by atoms with E-state index in [1.54, 1.807) is 49.6 Å². The second-order valence-electron chi connectivity index (χ2n) is 8.61. The minimum atomic E-state index is -4.47. The van der Waals surface area contributed by atoms with Crippen LogP contribution in [0, 0.1) is 0 Å². The Morgan fingerprint density at radius 2 is 1.13 bits per heavy atom. The number of esters is 2. The second-order valence-corrected chi connectivity index (χ2v) is 9.48. The molecular weight excluding hydrogens is 552 g/mol. The molecule has 0 atom stereocenters. The Kier molecular flexibility index (Phi) is 8.63. The maximum Gasteiger partial charge on any atom is 0.416 e. The summed E-state index contributed by atoms with van der Waals surface area (Å²) in [4.78, 5) is 25.4. The van der Waals surface area contributed by atoms with Gasteiger partial charge in [0.25, 0.3) is 0 Å². The van der Waals surface area contributed by atoms with Crippen LogP contribution in [-0.4, -0.2) is 19.0 Å². The number of carbonyl (C=O) groups is 2. The van der Waals surface area contributed by atoms with Gasteiger partial charge in [0, 0.05) is 10.0 Å². The number of hydrogen-bond donors (Lipinski definition) is 0. The summed E-state index contributed by atoms with van der Waals surface area (Å²) in [5.74, 6) is -0.936. The molecule has 4 rings (SSSR count). The SMILES string of the molecule is COc1ccc(-c2ccc(Cl)cc2CC(=O)OC(=O)Cc2cc(Cl)ccc2-c2ccc(C(F)(F)F)cc2)cc1. The highest BCUT2D eigenvalue weighted by molar-refractivity contribution is 6.31. The van der Waals surface area contributed by atoms with Crippen LogP contribution in [0.5, 0.6) is 5.75 Å². The molecule has 4 nitrogen and oxygen atoms in total. The summed E-state index contributed by atoms with van der Waals surface area (Å²) in [7, 11) is 1.56. The van der Waals surface area contributed by atoms with Crippen molar-refractivity contribution < 1.29 is 32.2 Å². The molecule has 0 fully saturated rings. The Bertz CT molecular complexity index is 1500. The molecule has 0 radical (unpaired) electrons. The van der Waals surface area contributed by atoms with Gasteiger partial charge in [0.05, 0.1) is 25.5 Å². The van der Waals surface area contributed by atoms with E-state index in [-0.39, 0.29) is 12.8 Å². The summed E-state index contributed by atoms with van der Waals surface area (Å²) in [6.45, 7) is 0. The average molecular weight is 573 g/mol. The van der Waals surface area contributed by atoms with Crippen LogP contribution in [0.1, 0.15) is 16.7 Å². The van der Waals surface area contributed by atoms with Crippen molar-refractivity contribution in [2.24, 2.45) is 0 Å². The molecule has 200 valence electrons. The molecule has 9 heteroatoms. The van der Waals surface area contributed by atoms with Crippen molar-refractivity contribution in [2.75, 3.05) is 7.11 Å². The lowest BCUT2D eigenvalue weighted by atomic mass is 9.96. The predicted molar refractivity (Wildman–Crippen MR) is 144 cm³/mol. The molecule has 4 aromatic rings. The molecule has 0 amide bonds. The first-order valence-corrected chi connectivity index (χ1v) is 12.4. The van der Waals surface area contributed by atoms with Gasteiger partial charge in [0.1, 0.15) is 5.75 Å². The Morgan fingerprint density at radius 1 is 0.692 bits per heavy atom. The Hall–Kier alpha value is -3.81. The highest BCUT2D eigenvalue weighted by atomic mass is 35.5. The van der Waals surface area contributed by atoms with Crippen molar-refractivity contribution in [1.29, 1.82) is 0 Å². The highest BCUT2D eigenvalue weighted by Crippen LogP contribution is 2.33. The first-order chi connectivity index (χ1) is 18.5. The van der Waals surface area contributed by atoms with E-state index < -0.39 is 23.7 Å². The van der Waals surface area contributed by atoms with Gasteiger partial charge in [0.2, 0.25) is 0 Å². The lowest BCUT2D eigenvalue weighted by Crippen LogP contribution is -2.17. The zero-order chi connectivity index (χ0) is 28.2. The number of hydrogen-bond acceptors (Lipinski definition) is 4. The van der Waals surface area contributed by atoms with Crippen LogP contribution in [-0.2, 0) is 33.3 Å². The molecule has 0 saturated carbocycles. The molecule has 4 aromatic carbocycles. The third-order valence-corrected chi connectivity index (χ3v) is 6.43. The Balaban J connectivity index is 1.50. The van der Waals surface area contributed by atoms with Crippen LogP contribution in [0.25, 0.3) is 22.3 Å². The molecule has 0 saturated heterocycles. The molecule has 0 aliphatic heterocycles. The number of benzene rings is 4. The topological polar surface area (TPSA) is 52.6 Å². The van der Waals surface area contributed by atoms with E-state index >= 15 is 0 Å². The molecule has 0 N–H and O–H groups in total. The van der Waals surface area contributed by atoms with E-state index in [1.807, 2.05) is 12.1 Å². The average Bonchev–Trinajstić information content (AvgIpc) is 2.88. The summed E-state index contributed by atoms with van der Waals surface area (Å²) >= 11 is 12.3. The normalized spacial score (nSPS) is 11.2. The summed E-state index contributed by atoms with van der Waals surface area (Å²) in [5, 5.41) is 0.740. The van der Waals surface area contributed by atoms with Gasteiger partial charge in [-0.2, -0.15) is 13.2 Å². The van der Waals surface area contributed by atoms with E-state index in [0.29, 0.717) is 38.0 Å². The third kappa shape index (κ3) is 7.19. The van der Waals surface area contributed by atoms with Crippen molar-refractivity contribution in [3.05, 3.63) is 112 Å². The van der Waals surface area contributed by atoms with E-state index in [4.69, 9.17) is 32.7 Å². The zero-order valence-electron chi connectivity index (χ0n) is 20.5. The van der Waals surface area contributed by atoms with Crippen molar-refractivity contribution in [3.63, 3.8) is 0 Å². The van der Waals surface area contributed by atoms with E-state index in [9.17, 15) is 22.8 Å². The monoisotopic (exact) mass is 572 g/mol. The van der Waals surface area contributed by atoms with Crippen molar-refractivity contribution in [3.8, 4) is 28.0 Å². The van der Waals surface area contributed by atoms with Gasteiger partial charge in [-0.25, -0.2) is 0 Å². The molecule has 0 aliphatic rings. The predicted octanol–water partition coefficient (Wildman–Crippen LogP) is 8.21. The van der Waals surface area contributed by atoms with E-state index in [2.05, 4.69) is 0 Å². The molecule has 0 bridgehead atoms. The summed E-state index contributed by atoms with van der Waals surface area (Å²) in [5.41, 5.74) is 2.70. The summed E-state index contributed by atoms with van der Waals surface area (Å²) in [6, 6.07) is 21.6. The van der Waals surface area contributed by atoms with Gasteiger partial charge in [-0.1, -0.05) is 59.6 Å². The molecule has 0 heterocycles. The molecule has 39 heavy (non-hydrogen) atoms. The fourth-order valence-corrected chi connectivity index (χ4v) is 4.49. The van der Waals surface area contributed by atoms with Crippen molar-refractivity contribution >= 4 is 35.1 Å². The first-order valence-electron chi connectivity index (χ1n) is 11.7. The lowest BCUT2D eigenvalue weighted by molar-refractivity contribution is -0.158. The van der Waals surface area contributed by atoms with Crippen molar-refractivity contribution in [2.45, 2.75) is 19.0 Å². The number of halogens is 5. The van der Waals surface area contributed by atoms with Gasteiger partial charge in [-0.15, -0.1) is 0 Å². The van der Waals surface area contributed by atoms with Crippen molar-refractivity contribution in [1.82, 2.24) is 0 Å². The maximum atomic E-state index is 13.0. The fourth-order valence-electron chi connectivity index (χ4n) is 4.10. The summed E-state index contributed by atoms with van der Waals surface area (Å²) in [6.07, 6.45) is -5.00. The van der Waals surface area contributed by atoms with Crippen LogP contribution >= 0.6 is 23.2 Å². The fraction of sp³-hybridized carbons (Fsp3) is 0.133. The van der Waals surface area contributed by atoms with Crippen LogP contribution in [0.4, 0.5) is 13.2 Å². The highest BCUT2D eigenvalue weighted by Gasteiger charge is 2.30. The number of carbonyl (C=O) groups excluding carboxylic acids is 2. The van der Waals surface area contributed by atoms with Crippen LogP contribution in [0.2, 0.25) is 10.0 Å². The molecule has 0 spiro atoms. The molecule has 0 aliphatic carbocycles. The molecule has 0 aromatic heterocycles. The largest absolute Gasteiger partial charge is 0.497 e. The van der Waals surface area contributed by atoms with E-state index in [0.717, 1.165) is 23.3 Å². The molecule has 0 unspecified atom stereocenters. The van der Waals surface area contributed by atoms with Gasteiger partial charge in [-0.3, -0.25) is 9.59 Å². The van der Waals surface area contributed by atoms with Crippen LogP contribution < -0.4 is 4.74 Å². The molecular formula is C30H21Cl2F3O4. The van der Waals surface area contributed by atoms with E-state index in [1.165, 1.54) is 18.2 Å². The van der Waals surface area contributed by atoms with Gasteiger partial charge in [0.15, 0.2) is 0 Å². The first kappa shape index (κ1) is 28.2. The second kappa shape index (κ2) is 11.9. The minimum absolute atomic E-state index is 0.213. The quantitative estimate of drug-likeness (QED) is 0.165. The van der Waals surface area contributed by atoms with Gasteiger partial charge >= 0.3 is 18.1 Å². The summed E-state index contributed by atoms with van der Waals surface area (Å²) < 4.78 is 49.1. The standard InChI is InChI=1S/C30H21Cl2F3O4/c1-38-25-10-4-19(5-11-25)27-13-9-24(32)15-21(27)17-29(37)39-28(36)16-20-14-23(31)8-12-26(20)18-2-6-22(7-3-18)30(33,34)35/h2-15H,16-17H2,1H3. The smallest absolute Gasteiger partial charge is 0.416 e. The van der Waals surface area contributed by atoms with Gasteiger partial charge in [-0.05, 0) is 81.9 Å². The van der Waals surface area contributed by atoms with Crippen LogP contribution in [0.15, 0.2) is 84.9 Å². The number of alkyl halides is 3.